The maximum absolute atomic E-state index is 12.5. The number of aliphatic imine (C=N–C) groups is 1. The minimum Gasteiger partial charge on any atom is -0.253 e. The number of hydrogen-bond donors (Lipinski definition) is 0. The molecule has 1 fully saturated rings. The lowest BCUT2D eigenvalue weighted by Crippen LogP contribution is -2.27. The van der Waals surface area contributed by atoms with Gasteiger partial charge in [0.15, 0.2) is 0 Å². The Morgan fingerprint density at radius 1 is 0.957 bits per heavy atom. The first-order chi connectivity index (χ1) is 11.1. The molecule has 0 amide bonds. The fraction of sp³-hybridized carbons (Fsp3) is 0.278. The summed E-state index contributed by atoms with van der Waals surface area (Å²) in [7, 11) is -3.35. The number of rotatable bonds is 4. The Morgan fingerprint density at radius 2 is 1.57 bits per heavy atom. The zero-order valence-corrected chi connectivity index (χ0v) is 14.0. The summed E-state index contributed by atoms with van der Waals surface area (Å²) in [5.74, 6) is 0. The highest BCUT2D eigenvalue weighted by molar-refractivity contribution is 7.89. The number of benzene rings is 2. The lowest BCUT2D eigenvalue weighted by atomic mass is 10.1. The van der Waals surface area contributed by atoms with Crippen molar-refractivity contribution in [2.24, 2.45) is 4.99 Å². The van der Waals surface area contributed by atoms with Crippen LogP contribution in [0.5, 0.6) is 0 Å². The minimum atomic E-state index is -3.35. The predicted octanol–water partition coefficient (Wildman–Crippen LogP) is 3.61. The molecule has 0 saturated carbocycles. The summed E-state index contributed by atoms with van der Waals surface area (Å²) in [6, 6.07) is 16.7. The maximum atomic E-state index is 12.5. The molecule has 1 heterocycles. The second-order valence-corrected chi connectivity index (χ2v) is 7.61. The molecule has 3 rings (SSSR count). The van der Waals surface area contributed by atoms with Gasteiger partial charge in [-0.15, -0.1) is 0 Å². The second-order valence-electron chi connectivity index (χ2n) is 5.67. The number of hydrogen-bond acceptors (Lipinski definition) is 3. The Hall–Kier alpha value is -1.98. The highest BCUT2D eigenvalue weighted by Gasteiger charge is 2.26. The van der Waals surface area contributed by atoms with Gasteiger partial charge >= 0.3 is 0 Å². The SMILES string of the molecule is CC(=Nc1ccc(S(=O)(=O)N2CCCC2)cc1)c1ccccc1. The summed E-state index contributed by atoms with van der Waals surface area (Å²) >= 11 is 0. The van der Waals surface area contributed by atoms with Crippen LogP contribution in [-0.2, 0) is 10.0 Å². The average Bonchev–Trinajstić information content (AvgIpc) is 3.11. The van der Waals surface area contributed by atoms with Crippen molar-refractivity contribution in [3.8, 4) is 0 Å². The van der Waals surface area contributed by atoms with Gasteiger partial charge in [0.1, 0.15) is 0 Å². The number of sulfonamides is 1. The zero-order valence-electron chi connectivity index (χ0n) is 13.1. The third-order valence-electron chi connectivity index (χ3n) is 4.03. The molecule has 2 aromatic rings. The van der Waals surface area contributed by atoms with E-state index in [0.717, 1.165) is 29.8 Å². The van der Waals surface area contributed by atoms with Crippen LogP contribution in [0.25, 0.3) is 0 Å². The van der Waals surface area contributed by atoms with E-state index >= 15 is 0 Å². The molecular formula is C18H20N2O2S. The van der Waals surface area contributed by atoms with Crippen molar-refractivity contribution >= 4 is 21.4 Å². The fourth-order valence-corrected chi connectivity index (χ4v) is 4.22. The van der Waals surface area contributed by atoms with Gasteiger partial charge in [-0.25, -0.2) is 8.42 Å². The highest BCUT2D eigenvalue weighted by Crippen LogP contribution is 2.23. The fourth-order valence-electron chi connectivity index (χ4n) is 2.71. The van der Waals surface area contributed by atoms with Crippen LogP contribution < -0.4 is 0 Å². The molecule has 0 N–H and O–H groups in total. The Bertz CT molecular complexity index is 791. The van der Waals surface area contributed by atoms with Crippen LogP contribution in [0.4, 0.5) is 5.69 Å². The molecule has 1 saturated heterocycles. The van der Waals surface area contributed by atoms with Crippen LogP contribution in [0, 0.1) is 0 Å². The van der Waals surface area contributed by atoms with Crippen molar-refractivity contribution in [1.29, 1.82) is 0 Å². The largest absolute Gasteiger partial charge is 0.253 e. The smallest absolute Gasteiger partial charge is 0.243 e. The quantitative estimate of drug-likeness (QED) is 0.805. The molecule has 4 nitrogen and oxygen atoms in total. The Balaban J connectivity index is 1.82. The Labute approximate surface area is 137 Å². The first-order valence-electron chi connectivity index (χ1n) is 7.78. The molecule has 5 heteroatoms. The summed E-state index contributed by atoms with van der Waals surface area (Å²) in [5, 5.41) is 0. The molecule has 1 aliphatic rings. The molecule has 0 unspecified atom stereocenters. The Kier molecular flexibility index (Phi) is 4.59. The molecule has 0 aliphatic carbocycles. The summed E-state index contributed by atoms with van der Waals surface area (Å²) in [6.07, 6.45) is 1.88. The zero-order chi connectivity index (χ0) is 16.3. The van der Waals surface area contributed by atoms with E-state index in [2.05, 4.69) is 4.99 Å². The van der Waals surface area contributed by atoms with Crippen molar-refractivity contribution in [2.45, 2.75) is 24.7 Å². The van der Waals surface area contributed by atoms with E-state index in [1.807, 2.05) is 37.3 Å². The normalized spacial score (nSPS) is 16.7. The van der Waals surface area contributed by atoms with E-state index in [-0.39, 0.29) is 0 Å². The van der Waals surface area contributed by atoms with Gasteiger partial charge in [-0.05, 0) is 49.6 Å². The average molecular weight is 328 g/mol. The number of nitrogens with zero attached hydrogens (tertiary/aromatic N) is 2. The first-order valence-corrected chi connectivity index (χ1v) is 9.22. The Morgan fingerprint density at radius 3 is 2.17 bits per heavy atom. The van der Waals surface area contributed by atoms with Crippen molar-refractivity contribution in [1.82, 2.24) is 4.31 Å². The monoisotopic (exact) mass is 328 g/mol. The van der Waals surface area contributed by atoms with Crippen molar-refractivity contribution < 1.29 is 8.42 Å². The van der Waals surface area contributed by atoms with Crippen molar-refractivity contribution in [3.05, 3.63) is 60.2 Å². The third-order valence-corrected chi connectivity index (χ3v) is 5.94. The standard InChI is InChI=1S/C18H20N2O2S/c1-15(16-7-3-2-4-8-16)19-17-9-11-18(12-10-17)23(21,22)20-13-5-6-14-20/h2-4,7-12H,5-6,13-14H2,1H3. The van der Waals surface area contributed by atoms with Crippen LogP contribution in [0.15, 0.2) is 64.5 Å². The third kappa shape index (κ3) is 3.51. The lowest BCUT2D eigenvalue weighted by molar-refractivity contribution is 0.477. The lowest BCUT2D eigenvalue weighted by Gasteiger charge is -2.15. The molecule has 0 aromatic heterocycles. The summed E-state index contributed by atoms with van der Waals surface area (Å²) in [6.45, 7) is 3.19. The highest BCUT2D eigenvalue weighted by atomic mass is 32.2. The van der Waals surface area contributed by atoms with Gasteiger partial charge in [0, 0.05) is 18.8 Å². The van der Waals surface area contributed by atoms with Gasteiger partial charge < -0.3 is 0 Å². The van der Waals surface area contributed by atoms with Gasteiger partial charge in [0.25, 0.3) is 0 Å². The molecule has 0 atom stereocenters. The topological polar surface area (TPSA) is 49.7 Å². The molecule has 1 aliphatic heterocycles. The second kappa shape index (κ2) is 6.64. The van der Waals surface area contributed by atoms with E-state index in [1.54, 1.807) is 28.6 Å². The summed E-state index contributed by atoms with van der Waals surface area (Å²) < 4.78 is 26.5. The molecule has 0 radical (unpaired) electrons. The van der Waals surface area contributed by atoms with Crippen molar-refractivity contribution in [2.75, 3.05) is 13.1 Å². The molecular weight excluding hydrogens is 308 g/mol. The van der Waals surface area contributed by atoms with Crippen LogP contribution >= 0.6 is 0 Å². The molecule has 23 heavy (non-hydrogen) atoms. The molecule has 120 valence electrons. The van der Waals surface area contributed by atoms with Gasteiger partial charge in [0.2, 0.25) is 10.0 Å². The van der Waals surface area contributed by atoms with Crippen LogP contribution in [0.1, 0.15) is 25.3 Å². The van der Waals surface area contributed by atoms with Crippen molar-refractivity contribution in [3.63, 3.8) is 0 Å². The van der Waals surface area contributed by atoms with E-state index in [9.17, 15) is 8.42 Å². The molecule has 2 aromatic carbocycles. The van der Waals surface area contributed by atoms with Gasteiger partial charge in [-0.2, -0.15) is 4.31 Å². The maximum Gasteiger partial charge on any atom is 0.243 e. The van der Waals surface area contributed by atoms with Crippen LogP contribution in [0.3, 0.4) is 0 Å². The summed E-state index contributed by atoms with van der Waals surface area (Å²) in [5.41, 5.74) is 2.72. The molecule has 0 spiro atoms. The van der Waals surface area contributed by atoms with E-state index < -0.39 is 10.0 Å². The summed E-state index contributed by atoms with van der Waals surface area (Å²) in [4.78, 5) is 4.90. The van der Waals surface area contributed by atoms with E-state index in [4.69, 9.17) is 0 Å². The first kappa shape index (κ1) is 15.9. The van der Waals surface area contributed by atoms with Crippen LogP contribution in [0.2, 0.25) is 0 Å². The predicted molar refractivity (Wildman–Crippen MR) is 92.7 cm³/mol. The van der Waals surface area contributed by atoms with Gasteiger partial charge in [-0.1, -0.05) is 30.3 Å². The van der Waals surface area contributed by atoms with E-state index in [0.29, 0.717) is 18.0 Å². The van der Waals surface area contributed by atoms with Crippen LogP contribution in [-0.4, -0.2) is 31.5 Å². The van der Waals surface area contributed by atoms with Gasteiger partial charge in [0.05, 0.1) is 10.6 Å². The molecule has 0 bridgehead atoms. The van der Waals surface area contributed by atoms with E-state index in [1.165, 1.54) is 0 Å². The minimum absolute atomic E-state index is 0.343. The van der Waals surface area contributed by atoms with Gasteiger partial charge in [-0.3, -0.25) is 4.99 Å².